The van der Waals surface area contributed by atoms with Crippen molar-refractivity contribution in [2.24, 2.45) is 0 Å². The molecule has 0 amide bonds. The fourth-order valence-electron chi connectivity index (χ4n) is 1.99. The molecule has 118 valence electrons. The first kappa shape index (κ1) is 16.5. The lowest BCUT2D eigenvalue weighted by Gasteiger charge is -2.08. The Morgan fingerprint density at radius 2 is 2.09 bits per heavy atom. The van der Waals surface area contributed by atoms with Gasteiger partial charge in [-0.2, -0.15) is 4.98 Å². The molecule has 5 nitrogen and oxygen atoms in total. The number of rotatable bonds is 9. The zero-order chi connectivity index (χ0) is 15.6. The van der Waals surface area contributed by atoms with Crippen LogP contribution in [0.3, 0.4) is 0 Å². The van der Waals surface area contributed by atoms with Crippen LogP contribution in [0.15, 0.2) is 36.5 Å². The van der Waals surface area contributed by atoms with Crippen molar-refractivity contribution >= 4 is 23.4 Å². The Balaban J connectivity index is 1.77. The summed E-state index contributed by atoms with van der Waals surface area (Å²) in [6.07, 6.45) is 3.56. The number of ether oxygens (including phenoxy) is 1. The summed E-state index contributed by atoms with van der Waals surface area (Å²) in [5.74, 6) is 1.44. The highest BCUT2D eigenvalue weighted by molar-refractivity contribution is 6.30. The summed E-state index contributed by atoms with van der Waals surface area (Å²) in [5.41, 5.74) is 1.19. The zero-order valence-electron chi connectivity index (χ0n) is 12.7. The Morgan fingerprint density at radius 1 is 1.18 bits per heavy atom. The lowest BCUT2D eigenvalue weighted by atomic mass is 10.1. The maximum Gasteiger partial charge on any atom is 0.224 e. The average Bonchev–Trinajstić information content (AvgIpc) is 2.52. The molecule has 1 heterocycles. The summed E-state index contributed by atoms with van der Waals surface area (Å²) >= 11 is 5.97. The number of methoxy groups -OCH3 is 1. The van der Waals surface area contributed by atoms with Crippen LogP contribution in [0.4, 0.5) is 11.8 Å². The number of benzene rings is 1. The molecule has 0 saturated carbocycles. The number of hydrogen-bond acceptors (Lipinski definition) is 5. The summed E-state index contributed by atoms with van der Waals surface area (Å²) in [6.45, 7) is 2.32. The van der Waals surface area contributed by atoms with Crippen LogP contribution in [0.5, 0.6) is 0 Å². The molecule has 0 aliphatic carbocycles. The Bertz CT molecular complexity index is 580. The molecule has 2 N–H and O–H groups in total. The summed E-state index contributed by atoms with van der Waals surface area (Å²) < 4.78 is 5.01. The van der Waals surface area contributed by atoms with Gasteiger partial charge in [-0.1, -0.05) is 23.7 Å². The van der Waals surface area contributed by atoms with E-state index in [4.69, 9.17) is 16.3 Å². The van der Waals surface area contributed by atoms with E-state index in [1.165, 1.54) is 5.56 Å². The van der Waals surface area contributed by atoms with Gasteiger partial charge in [0.25, 0.3) is 0 Å². The van der Waals surface area contributed by atoms with Crippen LogP contribution in [0, 0.1) is 0 Å². The second kappa shape index (κ2) is 9.23. The van der Waals surface area contributed by atoms with Crippen LogP contribution in [-0.4, -0.2) is 36.8 Å². The number of hydrogen-bond donors (Lipinski definition) is 2. The van der Waals surface area contributed by atoms with Crippen LogP contribution in [0.1, 0.15) is 12.0 Å². The minimum absolute atomic E-state index is 0.624. The van der Waals surface area contributed by atoms with E-state index in [1.54, 1.807) is 13.3 Å². The highest BCUT2D eigenvalue weighted by Crippen LogP contribution is 2.11. The van der Waals surface area contributed by atoms with Gasteiger partial charge in [0.2, 0.25) is 5.95 Å². The Hall–Kier alpha value is -1.85. The summed E-state index contributed by atoms with van der Waals surface area (Å²) in [4.78, 5) is 8.64. The molecule has 1 aromatic carbocycles. The minimum atomic E-state index is 0.624. The summed E-state index contributed by atoms with van der Waals surface area (Å²) in [5, 5.41) is 7.23. The van der Waals surface area contributed by atoms with E-state index in [9.17, 15) is 0 Å². The Kier molecular flexibility index (Phi) is 6.93. The van der Waals surface area contributed by atoms with Crippen LogP contribution in [0.2, 0.25) is 5.02 Å². The molecule has 6 heteroatoms. The van der Waals surface area contributed by atoms with Gasteiger partial charge in [-0.25, -0.2) is 4.98 Å². The number of halogens is 1. The minimum Gasteiger partial charge on any atom is -0.385 e. The van der Waals surface area contributed by atoms with E-state index in [1.807, 2.05) is 24.3 Å². The van der Waals surface area contributed by atoms with Crippen LogP contribution < -0.4 is 10.6 Å². The van der Waals surface area contributed by atoms with Gasteiger partial charge in [0.1, 0.15) is 5.82 Å². The lowest BCUT2D eigenvalue weighted by Crippen LogP contribution is -2.10. The fourth-order valence-corrected chi connectivity index (χ4v) is 2.20. The first-order chi connectivity index (χ1) is 10.8. The third-order valence-electron chi connectivity index (χ3n) is 3.07. The monoisotopic (exact) mass is 320 g/mol. The molecule has 22 heavy (non-hydrogen) atoms. The van der Waals surface area contributed by atoms with Gasteiger partial charge in [-0.15, -0.1) is 0 Å². The largest absolute Gasteiger partial charge is 0.385 e. The van der Waals surface area contributed by atoms with Gasteiger partial charge in [-0.05, 0) is 36.6 Å². The number of aromatic nitrogens is 2. The molecular weight excluding hydrogens is 300 g/mol. The van der Waals surface area contributed by atoms with Gasteiger partial charge in [0.05, 0.1) is 0 Å². The Labute approximate surface area is 136 Å². The molecule has 0 atom stereocenters. The predicted molar refractivity (Wildman–Crippen MR) is 90.7 cm³/mol. The van der Waals surface area contributed by atoms with Gasteiger partial charge in [0.15, 0.2) is 0 Å². The van der Waals surface area contributed by atoms with Gasteiger partial charge in [-0.3, -0.25) is 0 Å². The molecule has 0 bridgehead atoms. The molecule has 0 radical (unpaired) electrons. The third kappa shape index (κ3) is 5.87. The first-order valence-corrected chi connectivity index (χ1v) is 7.70. The van der Waals surface area contributed by atoms with E-state index in [0.29, 0.717) is 5.95 Å². The van der Waals surface area contributed by atoms with Crippen molar-refractivity contribution in [3.63, 3.8) is 0 Å². The number of anilines is 2. The van der Waals surface area contributed by atoms with E-state index in [-0.39, 0.29) is 0 Å². The highest BCUT2D eigenvalue weighted by Gasteiger charge is 1.99. The van der Waals surface area contributed by atoms with Crippen molar-refractivity contribution in [3.05, 3.63) is 47.1 Å². The van der Waals surface area contributed by atoms with Crippen molar-refractivity contribution in [3.8, 4) is 0 Å². The second-order valence-electron chi connectivity index (χ2n) is 4.85. The summed E-state index contributed by atoms with van der Waals surface area (Å²) in [7, 11) is 1.70. The molecule has 0 unspecified atom stereocenters. The SMILES string of the molecule is COCCCNc1ccnc(NCCc2cccc(Cl)c2)n1. The quantitative estimate of drug-likeness (QED) is 0.695. The van der Waals surface area contributed by atoms with E-state index < -0.39 is 0 Å². The van der Waals surface area contributed by atoms with Crippen molar-refractivity contribution in [2.75, 3.05) is 37.4 Å². The molecule has 0 aliphatic rings. The van der Waals surface area contributed by atoms with Gasteiger partial charge < -0.3 is 15.4 Å². The molecule has 2 aromatic rings. The molecule has 0 saturated heterocycles. The zero-order valence-corrected chi connectivity index (χ0v) is 13.4. The van der Waals surface area contributed by atoms with Crippen molar-refractivity contribution < 1.29 is 4.74 Å². The van der Waals surface area contributed by atoms with E-state index >= 15 is 0 Å². The van der Waals surface area contributed by atoms with E-state index in [0.717, 1.165) is 43.4 Å². The molecule has 0 fully saturated rings. The van der Waals surface area contributed by atoms with Crippen LogP contribution in [0.25, 0.3) is 0 Å². The topological polar surface area (TPSA) is 59.1 Å². The van der Waals surface area contributed by atoms with Gasteiger partial charge >= 0.3 is 0 Å². The number of nitrogens with one attached hydrogen (secondary N) is 2. The number of nitrogens with zero attached hydrogens (tertiary/aromatic N) is 2. The molecule has 1 aromatic heterocycles. The third-order valence-corrected chi connectivity index (χ3v) is 3.31. The lowest BCUT2D eigenvalue weighted by molar-refractivity contribution is 0.198. The average molecular weight is 321 g/mol. The molecule has 2 rings (SSSR count). The van der Waals surface area contributed by atoms with Crippen LogP contribution >= 0.6 is 11.6 Å². The molecule has 0 spiro atoms. The molecule has 0 aliphatic heterocycles. The van der Waals surface area contributed by atoms with Crippen molar-refractivity contribution in [1.82, 2.24) is 9.97 Å². The Morgan fingerprint density at radius 3 is 2.91 bits per heavy atom. The predicted octanol–water partition coefficient (Wildman–Crippen LogP) is 3.23. The second-order valence-corrected chi connectivity index (χ2v) is 5.28. The van der Waals surface area contributed by atoms with E-state index in [2.05, 4.69) is 26.7 Å². The van der Waals surface area contributed by atoms with Crippen molar-refractivity contribution in [2.45, 2.75) is 12.8 Å². The maximum atomic E-state index is 5.97. The maximum absolute atomic E-state index is 5.97. The standard InChI is InChI=1S/C16H21ClN4O/c1-22-11-3-8-18-15-7-10-20-16(21-15)19-9-6-13-4-2-5-14(17)12-13/h2,4-5,7,10,12H,3,6,8-9,11H2,1H3,(H2,18,19,20,21). The molecular formula is C16H21ClN4O. The fraction of sp³-hybridized carbons (Fsp3) is 0.375. The van der Waals surface area contributed by atoms with Crippen molar-refractivity contribution in [1.29, 1.82) is 0 Å². The smallest absolute Gasteiger partial charge is 0.224 e. The van der Waals surface area contributed by atoms with Crippen LogP contribution in [-0.2, 0) is 11.2 Å². The normalized spacial score (nSPS) is 10.5. The first-order valence-electron chi connectivity index (χ1n) is 7.32. The van der Waals surface area contributed by atoms with Gasteiger partial charge in [0, 0.05) is 38.0 Å². The summed E-state index contributed by atoms with van der Waals surface area (Å²) in [6, 6.07) is 9.72. The highest BCUT2D eigenvalue weighted by atomic mass is 35.5.